The molecule has 0 atom stereocenters. The minimum absolute atomic E-state index is 0.0275. The van der Waals surface area contributed by atoms with Crippen LogP contribution in [0.15, 0.2) is 42.6 Å². The summed E-state index contributed by atoms with van der Waals surface area (Å²) in [4.78, 5) is 8.80. The van der Waals surface area contributed by atoms with Crippen LogP contribution in [0.2, 0.25) is 0 Å². The number of fused-ring (bicyclic) bond motifs is 2. The molecule has 0 saturated heterocycles. The number of hydrogen-bond donors (Lipinski definition) is 2. The van der Waals surface area contributed by atoms with Gasteiger partial charge in [0.1, 0.15) is 22.0 Å². The number of halogens is 5. The van der Waals surface area contributed by atoms with E-state index in [1.807, 2.05) is 0 Å². The van der Waals surface area contributed by atoms with Gasteiger partial charge in [0.15, 0.2) is 17.5 Å². The Morgan fingerprint density at radius 3 is 2.58 bits per heavy atom. The van der Waals surface area contributed by atoms with Crippen LogP contribution in [0.1, 0.15) is 5.56 Å². The van der Waals surface area contributed by atoms with E-state index in [9.17, 15) is 22.0 Å². The summed E-state index contributed by atoms with van der Waals surface area (Å²) in [6, 6.07) is 6.72. The van der Waals surface area contributed by atoms with Crippen LogP contribution in [-0.4, -0.2) is 24.5 Å². The fourth-order valence-corrected chi connectivity index (χ4v) is 3.79. The van der Waals surface area contributed by atoms with Gasteiger partial charge in [-0.1, -0.05) is 18.2 Å². The Morgan fingerprint density at radius 2 is 1.77 bits per heavy atom. The second-order valence-corrected chi connectivity index (χ2v) is 7.27. The zero-order valence-corrected chi connectivity index (χ0v) is 15.9. The molecule has 3 aromatic heterocycles. The summed E-state index contributed by atoms with van der Waals surface area (Å²) in [7, 11) is 0. The lowest BCUT2D eigenvalue weighted by Gasteiger charge is -2.13. The molecule has 6 nitrogen and oxygen atoms in total. The number of nitrogens with one attached hydrogen (secondary N) is 2. The van der Waals surface area contributed by atoms with Crippen molar-refractivity contribution in [2.45, 2.75) is 6.18 Å². The zero-order chi connectivity index (χ0) is 21.8. The minimum Gasteiger partial charge on any atom is -0.322 e. The number of alkyl halides is 3. The fraction of sp³-hybridized carbons (Fsp3) is 0.0526. The number of aromatic nitrogens is 5. The Kier molecular flexibility index (Phi) is 4.32. The quantitative estimate of drug-likeness (QED) is 0.348. The number of rotatable bonds is 3. The maximum Gasteiger partial charge on any atom is 0.417 e. The van der Waals surface area contributed by atoms with Crippen molar-refractivity contribution in [3.05, 3.63) is 59.8 Å². The summed E-state index contributed by atoms with van der Waals surface area (Å²) in [5.41, 5.74) is -1.13. The normalized spacial score (nSPS) is 12.0. The van der Waals surface area contributed by atoms with E-state index in [0.717, 1.165) is 23.7 Å². The average Bonchev–Trinajstić information content (AvgIpc) is 3.35. The van der Waals surface area contributed by atoms with E-state index < -0.39 is 23.4 Å². The van der Waals surface area contributed by atoms with E-state index in [2.05, 4.69) is 29.9 Å². The molecule has 156 valence electrons. The first-order chi connectivity index (χ1) is 14.8. The van der Waals surface area contributed by atoms with Crippen molar-refractivity contribution in [2.75, 3.05) is 5.32 Å². The largest absolute Gasteiger partial charge is 0.417 e. The lowest BCUT2D eigenvalue weighted by Crippen LogP contribution is -2.08. The van der Waals surface area contributed by atoms with Crippen molar-refractivity contribution in [1.29, 1.82) is 0 Å². The molecule has 5 aromatic rings. The van der Waals surface area contributed by atoms with E-state index in [1.165, 1.54) is 24.4 Å². The second kappa shape index (κ2) is 6.94. The topological polar surface area (TPSA) is 79.4 Å². The number of anilines is 2. The van der Waals surface area contributed by atoms with Gasteiger partial charge in [-0.2, -0.15) is 22.6 Å². The van der Waals surface area contributed by atoms with Gasteiger partial charge in [0, 0.05) is 11.6 Å². The highest BCUT2D eigenvalue weighted by molar-refractivity contribution is 7.12. The molecule has 0 fully saturated rings. The third-order valence-corrected chi connectivity index (χ3v) is 5.23. The van der Waals surface area contributed by atoms with Crippen molar-refractivity contribution in [3.63, 3.8) is 0 Å². The molecule has 31 heavy (non-hydrogen) atoms. The summed E-state index contributed by atoms with van der Waals surface area (Å²) in [5, 5.41) is 9.78. The number of H-pyrrole nitrogens is 1. The van der Waals surface area contributed by atoms with Crippen LogP contribution < -0.4 is 5.32 Å². The first-order valence-electron chi connectivity index (χ1n) is 8.70. The Bertz CT molecular complexity index is 1440. The first kappa shape index (κ1) is 19.3. The molecule has 0 amide bonds. The van der Waals surface area contributed by atoms with E-state index in [4.69, 9.17) is 0 Å². The molecule has 0 aliphatic rings. The van der Waals surface area contributed by atoms with Crippen molar-refractivity contribution >= 4 is 44.3 Å². The summed E-state index contributed by atoms with van der Waals surface area (Å²) in [5.74, 6) is -1.66. The standard InChI is InChI=1S/C19H9F5N6S/c20-8-5-10-14(13(21)6-8)29-30-17(10)27-16-11-7-25-31-18(11)28-15(26-16)9-3-1-2-4-12(9)19(22,23)24/h1-7H,(H2,26,27,28,29,30). The molecule has 2 aromatic carbocycles. The third-order valence-electron chi connectivity index (χ3n) is 4.53. The summed E-state index contributed by atoms with van der Waals surface area (Å²) < 4.78 is 72.1. The van der Waals surface area contributed by atoms with E-state index in [0.29, 0.717) is 16.3 Å². The average molecular weight is 448 g/mol. The predicted octanol–water partition coefficient (Wildman–Crippen LogP) is 5.67. The highest BCUT2D eigenvalue weighted by Gasteiger charge is 2.34. The fourth-order valence-electron chi connectivity index (χ4n) is 3.16. The van der Waals surface area contributed by atoms with Crippen molar-refractivity contribution in [2.24, 2.45) is 0 Å². The smallest absolute Gasteiger partial charge is 0.322 e. The molecule has 0 aliphatic heterocycles. The number of aromatic amines is 1. The lowest BCUT2D eigenvalue weighted by atomic mass is 10.1. The van der Waals surface area contributed by atoms with Crippen LogP contribution in [0, 0.1) is 11.6 Å². The van der Waals surface area contributed by atoms with Crippen molar-refractivity contribution < 1.29 is 22.0 Å². The molecule has 5 rings (SSSR count). The Labute approximate surface area is 173 Å². The monoisotopic (exact) mass is 448 g/mol. The van der Waals surface area contributed by atoms with Gasteiger partial charge in [-0.3, -0.25) is 5.10 Å². The molecular formula is C19H9F5N6S. The van der Waals surface area contributed by atoms with Gasteiger partial charge >= 0.3 is 6.18 Å². The van der Waals surface area contributed by atoms with Gasteiger partial charge in [0.25, 0.3) is 0 Å². The number of hydrogen-bond acceptors (Lipinski definition) is 6. The third kappa shape index (κ3) is 3.34. The molecule has 12 heteroatoms. The molecule has 0 bridgehead atoms. The van der Waals surface area contributed by atoms with Gasteiger partial charge in [0.2, 0.25) is 0 Å². The molecule has 0 aliphatic carbocycles. The first-order valence-corrected chi connectivity index (χ1v) is 9.48. The summed E-state index contributed by atoms with van der Waals surface area (Å²) >= 11 is 0.974. The molecule has 2 N–H and O–H groups in total. The minimum atomic E-state index is -4.61. The second-order valence-electron chi connectivity index (χ2n) is 6.49. The van der Waals surface area contributed by atoms with Crippen LogP contribution in [0.5, 0.6) is 0 Å². The van der Waals surface area contributed by atoms with E-state index in [-0.39, 0.29) is 33.9 Å². The number of benzene rings is 2. The van der Waals surface area contributed by atoms with Gasteiger partial charge in [-0.15, -0.1) is 0 Å². The Hall–Kier alpha value is -3.67. The van der Waals surface area contributed by atoms with Crippen molar-refractivity contribution in [3.8, 4) is 11.4 Å². The molecule has 3 heterocycles. The lowest BCUT2D eigenvalue weighted by molar-refractivity contribution is -0.137. The molecular weight excluding hydrogens is 439 g/mol. The molecule has 0 radical (unpaired) electrons. The summed E-state index contributed by atoms with van der Waals surface area (Å²) in [6.45, 7) is 0. The Morgan fingerprint density at radius 1 is 0.968 bits per heavy atom. The van der Waals surface area contributed by atoms with Gasteiger partial charge in [0.05, 0.1) is 22.5 Å². The Balaban J connectivity index is 1.68. The highest BCUT2D eigenvalue weighted by atomic mass is 32.1. The van der Waals surface area contributed by atoms with Crippen LogP contribution in [0.3, 0.4) is 0 Å². The van der Waals surface area contributed by atoms with Gasteiger partial charge in [-0.25, -0.2) is 18.7 Å². The van der Waals surface area contributed by atoms with E-state index in [1.54, 1.807) is 0 Å². The molecule has 0 unspecified atom stereocenters. The van der Waals surface area contributed by atoms with Crippen LogP contribution in [-0.2, 0) is 6.18 Å². The molecule has 0 saturated carbocycles. The predicted molar refractivity (Wildman–Crippen MR) is 105 cm³/mol. The van der Waals surface area contributed by atoms with Crippen LogP contribution >= 0.6 is 11.5 Å². The van der Waals surface area contributed by atoms with Crippen molar-refractivity contribution in [1.82, 2.24) is 24.5 Å². The van der Waals surface area contributed by atoms with Gasteiger partial charge < -0.3 is 5.32 Å². The number of nitrogens with zero attached hydrogens (tertiary/aromatic N) is 4. The maximum absolute atomic E-state index is 14.0. The highest BCUT2D eigenvalue weighted by Crippen LogP contribution is 2.38. The zero-order valence-electron chi connectivity index (χ0n) is 15.1. The van der Waals surface area contributed by atoms with Gasteiger partial charge in [-0.05, 0) is 23.7 Å². The maximum atomic E-state index is 14.0. The van der Waals surface area contributed by atoms with Crippen LogP contribution in [0.25, 0.3) is 32.5 Å². The van der Waals surface area contributed by atoms with E-state index >= 15 is 0 Å². The van der Waals surface area contributed by atoms with Crippen LogP contribution in [0.4, 0.5) is 33.6 Å². The summed E-state index contributed by atoms with van der Waals surface area (Å²) in [6.07, 6.45) is -3.17. The molecule has 0 spiro atoms. The SMILES string of the molecule is Fc1cc(F)c2[nH]nc(Nc3nc(-c4ccccc4C(F)(F)F)nc4sncc34)c2c1.